The van der Waals surface area contributed by atoms with E-state index in [4.69, 9.17) is 4.74 Å². The number of H-pyrrole nitrogens is 1. The Bertz CT molecular complexity index is 873. The van der Waals surface area contributed by atoms with E-state index in [9.17, 15) is 14.4 Å². The van der Waals surface area contributed by atoms with Gasteiger partial charge in [-0.3, -0.25) is 14.2 Å². The van der Waals surface area contributed by atoms with Gasteiger partial charge in [-0.15, -0.1) is 5.10 Å². The van der Waals surface area contributed by atoms with Gasteiger partial charge in [-0.05, 0) is 31.5 Å². The Hall–Kier alpha value is -2.55. The molecule has 132 valence electrons. The number of fused-ring (bicyclic) bond motifs is 1. The number of hydrogen-bond acceptors (Lipinski definition) is 6. The van der Waals surface area contributed by atoms with E-state index in [2.05, 4.69) is 15.5 Å². The molecular weight excluding hydrogens is 344 g/mol. The number of ketones is 1. The van der Waals surface area contributed by atoms with Crippen LogP contribution in [0.3, 0.4) is 0 Å². The van der Waals surface area contributed by atoms with Gasteiger partial charge in [0, 0.05) is 12.1 Å². The van der Waals surface area contributed by atoms with Crippen molar-refractivity contribution in [2.45, 2.75) is 37.2 Å². The number of aromatic amines is 1. The lowest BCUT2D eigenvalue weighted by atomic mass is 10.1. The van der Waals surface area contributed by atoms with Crippen LogP contribution >= 0.6 is 11.8 Å². The molecule has 9 heteroatoms. The maximum Gasteiger partial charge on any atom is 0.343 e. The maximum atomic E-state index is 12.7. The molecule has 1 aliphatic heterocycles. The fourth-order valence-corrected chi connectivity index (χ4v) is 3.46. The minimum Gasteiger partial charge on any atom is -0.482 e. The molecule has 1 unspecified atom stereocenters. The summed E-state index contributed by atoms with van der Waals surface area (Å²) in [5, 5.41) is 9.14. The predicted molar refractivity (Wildman–Crippen MR) is 93.4 cm³/mol. The molecule has 0 aliphatic carbocycles. The number of Topliss-reactive ketones (excluding diaryl/α,β-unsaturated/α-hetero) is 1. The van der Waals surface area contributed by atoms with E-state index in [-0.39, 0.29) is 24.0 Å². The average molecular weight is 362 g/mol. The van der Waals surface area contributed by atoms with E-state index in [1.54, 1.807) is 25.1 Å². The number of hydrogen-bond donors (Lipinski definition) is 2. The second kappa shape index (κ2) is 7.14. The molecule has 0 fully saturated rings. The molecule has 0 saturated heterocycles. The quantitative estimate of drug-likeness (QED) is 0.598. The van der Waals surface area contributed by atoms with Gasteiger partial charge in [0.1, 0.15) is 5.75 Å². The zero-order valence-corrected chi connectivity index (χ0v) is 14.7. The van der Waals surface area contributed by atoms with E-state index in [1.807, 2.05) is 6.92 Å². The molecule has 0 bridgehead atoms. The van der Waals surface area contributed by atoms with Crippen LogP contribution < -0.4 is 15.7 Å². The van der Waals surface area contributed by atoms with Gasteiger partial charge in [-0.2, -0.15) is 0 Å². The Kier molecular flexibility index (Phi) is 4.93. The van der Waals surface area contributed by atoms with Crippen LogP contribution in [-0.2, 0) is 11.3 Å². The van der Waals surface area contributed by atoms with Crippen LogP contribution in [-0.4, -0.2) is 38.3 Å². The Morgan fingerprint density at radius 3 is 3.00 bits per heavy atom. The summed E-state index contributed by atoms with van der Waals surface area (Å²) >= 11 is 1.22. The van der Waals surface area contributed by atoms with Crippen LogP contribution in [0.25, 0.3) is 0 Å². The third kappa shape index (κ3) is 3.60. The second-order valence-electron chi connectivity index (χ2n) is 5.64. The molecule has 1 amide bonds. The molecule has 2 heterocycles. The zero-order valence-electron chi connectivity index (χ0n) is 13.9. The van der Waals surface area contributed by atoms with E-state index < -0.39 is 5.25 Å². The Morgan fingerprint density at radius 1 is 1.44 bits per heavy atom. The summed E-state index contributed by atoms with van der Waals surface area (Å²) in [4.78, 5) is 35.8. The molecule has 1 aromatic carbocycles. The molecule has 2 N–H and O–H groups in total. The molecule has 3 rings (SSSR count). The first-order valence-corrected chi connectivity index (χ1v) is 8.80. The van der Waals surface area contributed by atoms with Gasteiger partial charge in [0.25, 0.3) is 5.91 Å². The second-order valence-corrected chi connectivity index (χ2v) is 6.94. The number of ether oxygens (including phenoxy) is 1. The van der Waals surface area contributed by atoms with Crippen molar-refractivity contribution in [1.82, 2.24) is 14.8 Å². The minimum absolute atomic E-state index is 0.0271. The standard InChI is InChI=1S/C16H18N4O4S/c1-3-6-20-15(23)18-19-16(20)25-9(2)14(22)10-4-5-12-11(7-10)17-13(21)8-24-12/h4-5,7,9H,3,6,8H2,1-2H3,(H,17,21)(H,18,23). The SMILES string of the molecule is CCCn1c(SC(C)C(=O)c2ccc3c(c2)NC(=O)CO3)n[nH]c1=O. The summed E-state index contributed by atoms with van der Waals surface area (Å²) in [7, 11) is 0. The summed E-state index contributed by atoms with van der Waals surface area (Å²) in [6.07, 6.45) is 0.792. The predicted octanol–water partition coefficient (Wildman–Crippen LogP) is 1.68. The van der Waals surface area contributed by atoms with Gasteiger partial charge < -0.3 is 10.1 Å². The monoisotopic (exact) mass is 362 g/mol. The summed E-state index contributed by atoms with van der Waals surface area (Å²) in [5.41, 5.74) is 0.670. The topological polar surface area (TPSA) is 106 Å². The van der Waals surface area contributed by atoms with Gasteiger partial charge in [-0.25, -0.2) is 9.89 Å². The highest BCUT2D eigenvalue weighted by Crippen LogP contribution is 2.30. The number of anilines is 1. The Balaban J connectivity index is 1.78. The molecule has 0 spiro atoms. The van der Waals surface area contributed by atoms with Crippen molar-refractivity contribution in [2.75, 3.05) is 11.9 Å². The van der Waals surface area contributed by atoms with Crippen LogP contribution in [0, 0.1) is 0 Å². The summed E-state index contributed by atoms with van der Waals surface area (Å²) < 4.78 is 6.81. The fraction of sp³-hybridized carbons (Fsp3) is 0.375. The first-order valence-electron chi connectivity index (χ1n) is 7.92. The van der Waals surface area contributed by atoms with Crippen LogP contribution in [0.15, 0.2) is 28.2 Å². The molecular formula is C16H18N4O4S. The number of amides is 1. The summed E-state index contributed by atoms with van der Waals surface area (Å²) in [6, 6.07) is 4.94. The lowest BCUT2D eigenvalue weighted by Gasteiger charge is -2.19. The molecule has 8 nitrogen and oxygen atoms in total. The Morgan fingerprint density at radius 2 is 2.24 bits per heavy atom. The van der Waals surface area contributed by atoms with Crippen molar-refractivity contribution >= 4 is 29.1 Å². The van der Waals surface area contributed by atoms with Crippen molar-refractivity contribution in [3.8, 4) is 5.75 Å². The van der Waals surface area contributed by atoms with Crippen LogP contribution in [0.2, 0.25) is 0 Å². The van der Waals surface area contributed by atoms with E-state index in [1.165, 1.54) is 16.3 Å². The number of carbonyl (C=O) groups is 2. The third-order valence-corrected chi connectivity index (χ3v) is 4.81. The van der Waals surface area contributed by atoms with Gasteiger partial charge in [0.2, 0.25) is 0 Å². The molecule has 1 aromatic heterocycles. The van der Waals surface area contributed by atoms with Gasteiger partial charge >= 0.3 is 5.69 Å². The third-order valence-electron chi connectivity index (χ3n) is 3.72. The van der Waals surface area contributed by atoms with Gasteiger partial charge in [0.05, 0.1) is 10.9 Å². The Labute approximate surface area is 148 Å². The lowest BCUT2D eigenvalue weighted by molar-refractivity contribution is -0.118. The van der Waals surface area contributed by atoms with Crippen molar-refractivity contribution in [3.05, 3.63) is 34.2 Å². The van der Waals surface area contributed by atoms with E-state index >= 15 is 0 Å². The molecule has 0 saturated carbocycles. The van der Waals surface area contributed by atoms with E-state index in [0.717, 1.165) is 6.42 Å². The van der Waals surface area contributed by atoms with Crippen molar-refractivity contribution in [1.29, 1.82) is 0 Å². The number of carbonyl (C=O) groups excluding carboxylic acids is 2. The molecule has 1 aliphatic rings. The molecule has 1 atom stereocenters. The van der Waals surface area contributed by atoms with Gasteiger partial charge in [-0.1, -0.05) is 18.7 Å². The highest BCUT2D eigenvalue weighted by atomic mass is 32.2. The lowest BCUT2D eigenvalue weighted by Crippen LogP contribution is -2.26. The summed E-state index contributed by atoms with van der Waals surface area (Å²) in [5.74, 6) is 0.172. The fourth-order valence-electron chi connectivity index (χ4n) is 2.50. The van der Waals surface area contributed by atoms with Gasteiger partial charge in [0.15, 0.2) is 17.5 Å². The largest absolute Gasteiger partial charge is 0.482 e. The maximum absolute atomic E-state index is 12.7. The number of rotatable bonds is 6. The first kappa shape index (κ1) is 17.3. The van der Waals surface area contributed by atoms with Crippen molar-refractivity contribution < 1.29 is 14.3 Å². The number of thioether (sulfide) groups is 1. The van der Waals surface area contributed by atoms with Crippen molar-refractivity contribution in [2.24, 2.45) is 0 Å². The van der Waals surface area contributed by atoms with Crippen LogP contribution in [0.5, 0.6) is 5.75 Å². The van der Waals surface area contributed by atoms with Crippen LogP contribution in [0.1, 0.15) is 30.6 Å². The minimum atomic E-state index is -0.441. The van der Waals surface area contributed by atoms with Crippen molar-refractivity contribution in [3.63, 3.8) is 0 Å². The normalized spacial score (nSPS) is 14.4. The number of aromatic nitrogens is 3. The van der Waals surface area contributed by atoms with E-state index in [0.29, 0.717) is 28.7 Å². The number of benzene rings is 1. The highest BCUT2D eigenvalue weighted by Gasteiger charge is 2.23. The molecule has 0 radical (unpaired) electrons. The zero-order chi connectivity index (χ0) is 18.0. The molecule has 2 aromatic rings. The first-order chi connectivity index (χ1) is 12.0. The molecule has 25 heavy (non-hydrogen) atoms. The number of nitrogens with one attached hydrogen (secondary N) is 2. The van der Waals surface area contributed by atoms with Crippen LogP contribution in [0.4, 0.5) is 5.69 Å². The highest BCUT2D eigenvalue weighted by molar-refractivity contribution is 8.00. The smallest absolute Gasteiger partial charge is 0.343 e. The summed E-state index contributed by atoms with van der Waals surface area (Å²) in [6.45, 7) is 4.24. The number of nitrogens with zero attached hydrogens (tertiary/aromatic N) is 2. The average Bonchev–Trinajstić information content (AvgIpc) is 2.94.